The van der Waals surface area contributed by atoms with Crippen LogP contribution in [0.4, 0.5) is 18.9 Å². The van der Waals surface area contributed by atoms with E-state index in [0.717, 1.165) is 0 Å². The molecule has 0 aliphatic rings. The highest BCUT2D eigenvalue weighted by Gasteiger charge is 2.30. The van der Waals surface area contributed by atoms with Gasteiger partial charge in [0.15, 0.2) is 5.15 Å². The summed E-state index contributed by atoms with van der Waals surface area (Å²) in [5.41, 5.74) is 0.408. The van der Waals surface area contributed by atoms with Crippen LogP contribution in [0.15, 0.2) is 12.3 Å². The normalized spacial score (nSPS) is 13.2. The number of carbonyl (C=O) groups excluding carboxylic acids is 1. The minimum Gasteiger partial charge on any atom is -0.372 e. The Bertz CT molecular complexity index is 467. The Kier molecular flexibility index (Phi) is 5.55. The molecule has 0 aliphatic heterocycles. The van der Waals surface area contributed by atoms with Gasteiger partial charge in [-0.15, -0.1) is 5.10 Å². The van der Waals surface area contributed by atoms with E-state index in [1.54, 1.807) is 13.8 Å². The fraction of sp³-hybridized carbons (Fsp3) is 0.545. The zero-order valence-electron chi connectivity index (χ0n) is 10.8. The van der Waals surface area contributed by atoms with E-state index in [4.69, 9.17) is 11.6 Å². The fourth-order valence-corrected chi connectivity index (χ4v) is 1.59. The lowest BCUT2D eigenvalue weighted by molar-refractivity contribution is -0.139. The highest BCUT2D eigenvalue weighted by molar-refractivity contribution is 6.29. The van der Waals surface area contributed by atoms with E-state index in [-0.39, 0.29) is 11.1 Å². The molecule has 0 fully saturated rings. The van der Waals surface area contributed by atoms with Gasteiger partial charge in [0.05, 0.1) is 11.9 Å². The summed E-state index contributed by atoms with van der Waals surface area (Å²) in [6.45, 7) is 2.05. The maximum Gasteiger partial charge on any atom is 0.405 e. The summed E-state index contributed by atoms with van der Waals surface area (Å²) >= 11 is 5.65. The number of hydrogen-bond donors (Lipinski definition) is 2. The summed E-state index contributed by atoms with van der Waals surface area (Å²) in [5.74, 6) is -0.972. The van der Waals surface area contributed by atoms with Gasteiger partial charge in [-0.3, -0.25) is 4.79 Å². The van der Waals surface area contributed by atoms with E-state index < -0.39 is 24.7 Å². The number of nitrogens with zero attached hydrogens (tertiary/aromatic N) is 2. The van der Waals surface area contributed by atoms with Crippen molar-refractivity contribution in [2.75, 3.05) is 11.9 Å². The van der Waals surface area contributed by atoms with Crippen molar-refractivity contribution in [1.29, 1.82) is 0 Å². The molecule has 0 radical (unpaired) electrons. The number of anilines is 1. The topological polar surface area (TPSA) is 66.9 Å². The van der Waals surface area contributed by atoms with Crippen molar-refractivity contribution in [1.82, 2.24) is 15.5 Å². The third-order valence-electron chi connectivity index (χ3n) is 2.36. The Balaban J connectivity index is 2.72. The van der Waals surface area contributed by atoms with Crippen molar-refractivity contribution < 1.29 is 18.0 Å². The van der Waals surface area contributed by atoms with Gasteiger partial charge in [0.1, 0.15) is 12.6 Å². The van der Waals surface area contributed by atoms with Crippen LogP contribution >= 0.6 is 11.6 Å². The number of nitrogens with one attached hydrogen (secondary N) is 2. The zero-order valence-corrected chi connectivity index (χ0v) is 11.6. The van der Waals surface area contributed by atoms with Crippen molar-refractivity contribution >= 4 is 23.2 Å². The second-order valence-corrected chi connectivity index (χ2v) is 4.85. The Morgan fingerprint density at radius 2 is 2.10 bits per heavy atom. The van der Waals surface area contributed by atoms with Crippen molar-refractivity contribution in [2.24, 2.45) is 5.92 Å². The van der Waals surface area contributed by atoms with E-state index >= 15 is 0 Å². The number of aromatic nitrogens is 2. The quantitative estimate of drug-likeness (QED) is 0.875. The first-order valence-electron chi connectivity index (χ1n) is 5.78. The first-order valence-corrected chi connectivity index (χ1v) is 6.16. The molecule has 0 aliphatic carbocycles. The molecule has 1 aromatic rings. The standard InChI is InChI=1S/C11H14ClF3N4O/c1-6(2)9(10(20)16-5-11(13,14)15)18-7-3-8(12)19-17-4-7/h3-4,6,9H,5H2,1-2H3,(H,16,20)(H,18,19). The van der Waals surface area contributed by atoms with Crippen LogP contribution < -0.4 is 10.6 Å². The minimum atomic E-state index is -4.45. The largest absolute Gasteiger partial charge is 0.405 e. The third kappa shape index (κ3) is 5.60. The molecule has 5 nitrogen and oxygen atoms in total. The first kappa shape index (κ1) is 16.5. The Hall–Kier alpha value is -1.57. The van der Waals surface area contributed by atoms with Gasteiger partial charge < -0.3 is 10.6 Å². The second kappa shape index (κ2) is 6.74. The zero-order chi connectivity index (χ0) is 15.3. The van der Waals surface area contributed by atoms with Crippen LogP contribution in [0, 0.1) is 5.92 Å². The first-order chi connectivity index (χ1) is 9.19. The number of alkyl halides is 3. The van der Waals surface area contributed by atoms with E-state index in [1.807, 2.05) is 5.32 Å². The number of hydrogen-bond acceptors (Lipinski definition) is 4. The average Bonchev–Trinajstić information content (AvgIpc) is 2.32. The van der Waals surface area contributed by atoms with Crippen molar-refractivity contribution in [3.8, 4) is 0 Å². The van der Waals surface area contributed by atoms with Gasteiger partial charge in [-0.05, 0) is 5.92 Å². The van der Waals surface area contributed by atoms with Crippen LogP contribution in [0.25, 0.3) is 0 Å². The molecule has 1 heterocycles. The van der Waals surface area contributed by atoms with E-state index in [1.165, 1.54) is 12.3 Å². The highest BCUT2D eigenvalue weighted by atomic mass is 35.5. The average molecular weight is 311 g/mol. The smallest absolute Gasteiger partial charge is 0.372 e. The Labute approximate surface area is 118 Å². The van der Waals surface area contributed by atoms with Crippen LogP contribution in [0.1, 0.15) is 13.8 Å². The second-order valence-electron chi connectivity index (χ2n) is 4.47. The number of amides is 1. The van der Waals surface area contributed by atoms with Gasteiger partial charge in [-0.2, -0.15) is 18.3 Å². The number of carbonyl (C=O) groups is 1. The monoisotopic (exact) mass is 310 g/mol. The fourth-order valence-electron chi connectivity index (χ4n) is 1.43. The van der Waals surface area contributed by atoms with Crippen LogP contribution in [0.3, 0.4) is 0 Å². The molecule has 0 spiro atoms. The predicted octanol–water partition coefficient (Wildman–Crippen LogP) is 2.25. The molecule has 1 amide bonds. The summed E-state index contributed by atoms with van der Waals surface area (Å²) in [4.78, 5) is 11.8. The van der Waals surface area contributed by atoms with Crippen molar-refractivity contribution in [2.45, 2.75) is 26.1 Å². The number of rotatable bonds is 5. The number of halogens is 4. The van der Waals surface area contributed by atoms with Crippen LogP contribution in [-0.2, 0) is 4.79 Å². The van der Waals surface area contributed by atoms with Crippen molar-refractivity contribution in [3.63, 3.8) is 0 Å². The summed E-state index contributed by atoms with van der Waals surface area (Å²) in [7, 11) is 0. The molecule has 0 bridgehead atoms. The van der Waals surface area contributed by atoms with Gasteiger partial charge in [0.2, 0.25) is 5.91 Å². The van der Waals surface area contributed by atoms with Gasteiger partial charge in [0.25, 0.3) is 0 Å². The van der Waals surface area contributed by atoms with Crippen molar-refractivity contribution in [3.05, 3.63) is 17.4 Å². The molecule has 1 rings (SSSR count). The lowest BCUT2D eigenvalue weighted by atomic mass is 10.0. The summed E-state index contributed by atoms with van der Waals surface area (Å²) < 4.78 is 36.3. The van der Waals surface area contributed by atoms with Gasteiger partial charge in [-0.25, -0.2) is 0 Å². The Morgan fingerprint density at radius 3 is 2.60 bits per heavy atom. The molecule has 0 saturated carbocycles. The molecule has 9 heteroatoms. The molecule has 0 saturated heterocycles. The van der Waals surface area contributed by atoms with Gasteiger partial charge in [0, 0.05) is 6.07 Å². The van der Waals surface area contributed by atoms with Gasteiger partial charge >= 0.3 is 6.18 Å². The summed E-state index contributed by atoms with van der Waals surface area (Å²) in [6.07, 6.45) is -3.11. The van der Waals surface area contributed by atoms with Gasteiger partial charge in [-0.1, -0.05) is 25.4 Å². The molecule has 1 aromatic heterocycles. The van der Waals surface area contributed by atoms with Crippen LogP contribution in [0.2, 0.25) is 5.15 Å². The van der Waals surface area contributed by atoms with E-state index in [9.17, 15) is 18.0 Å². The molecule has 2 N–H and O–H groups in total. The molecule has 1 atom stereocenters. The third-order valence-corrected chi connectivity index (χ3v) is 2.54. The Morgan fingerprint density at radius 1 is 1.45 bits per heavy atom. The van der Waals surface area contributed by atoms with E-state index in [0.29, 0.717) is 5.69 Å². The molecule has 1 unspecified atom stereocenters. The molecular weight excluding hydrogens is 297 g/mol. The highest BCUT2D eigenvalue weighted by Crippen LogP contribution is 2.16. The molecule has 20 heavy (non-hydrogen) atoms. The summed E-state index contributed by atoms with van der Waals surface area (Å²) in [5, 5.41) is 11.9. The van der Waals surface area contributed by atoms with Crippen LogP contribution in [0.5, 0.6) is 0 Å². The maximum atomic E-state index is 12.1. The maximum absolute atomic E-state index is 12.1. The lowest BCUT2D eigenvalue weighted by Gasteiger charge is -2.22. The molecule has 112 valence electrons. The van der Waals surface area contributed by atoms with Crippen LogP contribution in [-0.4, -0.2) is 34.9 Å². The summed E-state index contributed by atoms with van der Waals surface area (Å²) in [6, 6.07) is 0.596. The van der Waals surface area contributed by atoms with E-state index in [2.05, 4.69) is 15.5 Å². The SMILES string of the molecule is CC(C)C(Nc1cnnc(Cl)c1)C(=O)NCC(F)(F)F. The molecular formula is C11H14ClF3N4O. The minimum absolute atomic E-state index is 0.119. The predicted molar refractivity (Wildman–Crippen MR) is 68.4 cm³/mol. The molecule has 0 aromatic carbocycles. The lowest BCUT2D eigenvalue weighted by Crippen LogP contribution is -2.46.